The number of ether oxygens (including phenoxy) is 1. The van der Waals surface area contributed by atoms with Crippen molar-refractivity contribution in [2.24, 2.45) is 0 Å². The molecule has 0 saturated heterocycles. The van der Waals surface area contributed by atoms with Gasteiger partial charge in [0.1, 0.15) is 5.82 Å². The van der Waals surface area contributed by atoms with Gasteiger partial charge in [0.2, 0.25) is 5.88 Å². The third-order valence-corrected chi connectivity index (χ3v) is 2.96. The zero-order chi connectivity index (χ0) is 13.2. The molecule has 0 radical (unpaired) electrons. The normalized spacial score (nSPS) is 10.6. The van der Waals surface area contributed by atoms with Gasteiger partial charge in [-0.05, 0) is 6.07 Å². The number of methoxy groups -OCH3 is 1. The van der Waals surface area contributed by atoms with Crippen molar-refractivity contribution in [1.82, 2.24) is 9.97 Å². The van der Waals surface area contributed by atoms with Crippen LogP contribution in [0.15, 0.2) is 48.8 Å². The van der Waals surface area contributed by atoms with E-state index in [1.54, 1.807) is 6.20 Å². The lowest BCUT2D eigenvalue weighted by atomic mass is 10.0. The Morgan fingerprint density at radius 1 is 1.05 bits per heavy atom. The van der Waals surface area contributed by atoms with Crippen LogP contribution in [0.25, 0.3) is 22.0 Å². The minimum absolute atomic E-state index is 0.259. The van der Waals surface area contributed by atoms with Crippen LogP contribution < -0.4 is 4.74 Å². The number of para-hydroxylation sites is 1. The van der Waals surface area contributed by atoms with Crippen molar-refractivity contribution in [2.75, 3.05) is 7.11 Å². The number of hydrogen-bond acceptors (Lipinski definition) is 3. The molecule has 19 heavy (non-hydrogen) atoms. The standard InChI is InChI=1S/C15H11FN2O/c1-19-14-8-13(16)12(9-18-14)11-6-2-4-10-5-3-7-17-15(10)11/h2-9H,1H3. The Hall–Kier alpha value is -2.49. The van der Waals surface area contributed by atoms with E-state index >= 15 is 0 Å². The van der Waals surface area contributed by atoms with Gasteiger partial charge in [-0.25, -0.2) is 9.37 Å². The SMILES string of the molecule is COc1cc(F)c(-c2cccc3cccnc23)cn1. The molecule has 0 amide bonds. The quantitative estimate of drug-likeness (QED) is 0.702. The van der Waals surface area contributed by atoms with Crippen LogP contribution in [0.5, 0.6) is 5.88 Å². The lowest BCUT2D eigenvalue weighted by molar-refractivity contribution is 0.394. The summed E-state index contributed by atoms with van der Waals surface area (Å²) in [6, 6.07) is 10.7. The van der Waals surface area contributed by atoms with Gasteiger partial charge in [-0.15, -0.1) is 0 Å². The highest BCUT2D eigenvalue weighted by Gasteiger charge is 2.11. The second kappa shape index (κ2) is 4.65. The van der Waals surface area contributed by atoms with E-state index in [1.165, 1.54) is 19.4 Å². The topological polar surface area (TPSA) is 35.0 Å². The number of aromatic nitrogens is 2. The van der Waals surface area contributed by atoms with E-state index in [0.717, 1.165) is 16.5 Å². The van der Waals surface area contributed by atoms with E-state index in [2.05, 4.69) is 9.97 Å². The highest BCUT2D eigenvalue weighted by Crippen LogP contribution is 2.29. The van der Waals surface area contributed by atoms with Gasteiger partial charge in [0.25, 0.3) is 0 Å². The van der Waals surface area contributed by atoms with Crippen LogP contribution >= 0.6 is 0 Å². The maximum atomic E-state index is 14.1. The summed E-state index contributed by atoms with van der Waals surface area (Å²) in [5.74, 6) is -0.112. The van der Waals surface area contributed by atoms with Crippen molar-refractivity contribution in [1.29, 1.82) is 0 Å². The molecule has 3 aromatic rings. The summed E-state index contributed by atoms with van der Waals surface area (Å²) in [4.78, 5) is 8.37. The molecular weight excluding hydrogens is 243 g/mol. The van der Waals surface area contributed by atoms with Crippen LogP contribution in [0.4, 0.5) is 4.39 Å². The van der Waals surface area contributed by atoms with Crippen molar-refractivity contribution in [3.8, 4) is 17.0 Å². The number of rotatable bonds is 2. The molecule has 0 aliphatic rings. The van der Waals surface area contributed by atoms with E-state index < -0.39 is 0 Å². The molecule has 3 nitrogen and oxygen atoms in total. The molecule has 2 heterocycles. The fraction of sp³-hybridized carbons (Fsp3) is 0.0667. The van der Waals surface area contributed by atoms with Gasteiger partial charge in [-0.2, -0.15) is 0 Å². The summed E-state index contributed by atoms with van der Waals surface area (Å²) < 4.78 is 19.0. The zero-order valence-electron chi connectivity index (χ0n) is 10.3. The Labute approximate surface area is 109 Å². The number of hydrogen-bond donors (Lipinski definition) is 0. The molecule has 2 aromatic heterocycles. The van der Waals surface area contributed by atoms with Crippen LogP contribution in [-0.2, 0) is 0 Å². The Balaban J connectivity index is 2.24. The summed E-state index contributed by atoms with van der Waals surface area (Å²) in [5, 5.41) is 0.968. The lowest BCUT2D eigenvalue weighted by Crippen LogP contribution is -1.93. The van der Waals surface area contributed by atoms with E-state index in [9.17, 15) is 4.39 Å². The first-order valence-corrected chi connectivity index (χ1v) is 5.83. The molecule has 94 valence electrons. The summed E-state index contributed by atoms with van der Waals surface area (Å²) in [6.45, 7) is 0. The molecule has 4 heteroatoms. The minimum Gasteiger partial charge on any atom is -0.481 e. The Bertz CT molecular complexity index is 738. The van der Waals surface area contributed by atoms with E-state index in [-0.39, 0.29) is 11.7 Å². The second-order valence-electron chi connectivity index (χ2n) is 4.09. The fourth-order valence-electron chi connectivity index (χ4n) is 2.04. The highest BCUT2D eigenvalue weighted by atomic mass is 19.1. The average Bonchev–Trinajstić information content (AvgIpc) is 2.46. The molecular formula is C15H11FN2O. The molecule has 0 unspecified atom stereocenters. The molecule has 0 atom stereocenters. The Kier molecular flexibility index (Phi) is 2.83. The second-order valence-corrected chi connectivity index (χ2v) is 4.09. The molecule has 0 aliphatic carbocycles. The summed E-state index contributed by atoms with van der Waals surface area (Å²) in [5.41, 5.74) is 1.91. The van der Waals surface area contributed by atoms with Crippen molar-refractivity contribution in [3.05, 3.63) is 54.6 Å². The van der Waals surface area contributed by atoms with Crippen LogP contribution in [0, 0.1) is 5.82 Å². The van der Waals surface area contributed by atoms with Gasteiger partial charge in [-0.1, -0.05) is 24.3 Å². The predicted octanol–water partition coefficient (Wildman–Crippen LogP) is 3.44. The lowest BCUT2D eigenvalue weighted by Gasteiger charge is -2.07. The molecule has 0 N–H and O–H groups in total. The Morgan fingerprint density at radius 2 is 1.89 bits per heavy atom. The smallest absolute Gasteiger partial charge is 0.215 e. The van der Waals surface area contributed by atoms with Gasteiger partial charge < -0.3 is 4.74 Å². The van der Waals surface area contributed by atoms with Gasteiger partial charge >= 0.3 is 0 Å². The summed E-state index contributed by atoms with van der Waals surface area (Å²) in [7, 11) is 1.46. The third-order valence-electron chi connectivity index (χ3n) is 2.96. The molecule has 0 saturated carbocycles. The molecule has 0 fully saturated rings. The van der Waals surface area contributed by atoms with Crippen molar-refractivity contribution in [3.63, 3.8) is 0 Å². The van der Waals surface area contributed by atoms with Gasteiger partial charge in [0.15, 0.2) is 0 Å². The van der Waals surface area contributed by atoms with Gasteiger partial charge in [0.05, 0.1) is 12.6 Å². The zero-order valence-corrected chi connectivity index (χ0v) is 10.3. The number of nitrogens with zero attached hydrogens (tertiary/aromatic N) is 2. The summed E-state index contributed by atoms with van der Waals surface area (Å²) >= 11 is 0. The predicted molar refractivity (Wildman–Crippen MR) is 71.5 cm³/mol. The van der Waals surface area contributed by atoms with E-state index in [4.69, 9.17) is 4.74 Å². The molecule has 1 aromatic carbocycles. The minimum atomic E-state index is -0.370. The largest absolute Gasteiger partial charge is 0.481 e. The molecule has 3 rings (SSSR count). The number of fused-ring (bicyclic) bond motifs is 1. The monoisotopic (exact) mass is 254 g/mol. The summed E-state index contributed by atoms with van der Waals surface area (Å²) in [6.07, 6.45) is 3.16. The van der Waals surface area contributed by atoms with Gasteiger partial charge in [-0.3, -0.25) is 4.98 Å². The van der Waals surface area contributed by atoms with Crippen molar-refractivity contribution in [2.45, 2.75) is 0 Å². The molecule has 0 spiro atoms. The average molecular weight is 254 g/mol. The van der Waals surface area contributed by atoms with Gasteiger partial charge in [0, 0.05) is 35.0 Å². The van der Waals surface area contributed by atoms with Crippen LogP contribution in [0.1, 0.15) is 0 Å². The number of halogens is 1. The van der Waals surface area contributed by atoms with E-state index in [0.29, 0.717) is 5.56 Å². The molecule has 0 aliphatic heterocycles. The van der Waals surface area contributed by atoms with Crippen molar-refractivity contribution >= 4 is 10.9 Å². The van der Waals surface area contributed by atoms with Crippen LogP contribution in [0.3, 0.4) is 0 Å². The first-order valence-electron chi connectivity index (χ1n) is 5.83. The highest BCUT2D eigenvalue weighted by molar-refractivity contribution is 5.93. The number of benzene rings is 1. The van der Waals surface area contributed by atoms with Crippen LogP contribution in [0.2, 0.25) is 0 Å². The number of pyridine rings is 2. The first kappa shape index (κ1) is 11.6. The Morgan fingerprint density at radius 3 is 2.68 bits per heavy atom. The molecule has 0 bridgehead atoms. The third kappa shape index (κ3) is 2.01. The maximum Gasteiger partial charge on any atom is 0.215 e. The fourth-order valence-corrected chi connectivity index (χ4v) is 2.04. The van der Waals surface area contributed by atoms with E-state index in [1.807, 2.05) is 30.3 Å². The van der Waals surface area contributed by atoms with Crippen LogP contribution in [-0.4, -0.2) is 17.1 Å². The van der Waals surface area contributed by atoms with Crippen molar-refractivity contribution < 1.29 is 9.13 Å². The maximum absolute atomic E-state index is 14.1. The first-order chi connectivity index (χ1) is 9.29.